The van der Waals surface area contributed by atoms with E-state index in [-0.39, 0.29) is 11.7 Å². The van der Waals surface area contributed by atoms with Crippen molar-refractivity contribution < 1.29 is 14.6 Å². The fourth-order valence-corrected chi connectivity index (χ4v) is 2.18. The summed E-state index contributed by atoms with van der Waals surface area (Å²) in [5, 5.41) is 12.9. The number of benzene rings is 2. The van der Waals surface area contributed by atoms with E-state index < -0.39 is 0 Å². The normalized spacial score (nSPS) is 10.8. The lowest BCUT2D eigenvalue weighted by Gasteiger charge is -2.06. The average molecular weight is 326 g/mol. The number of nitrogens with one attached hydrogen (secondary N) is 1. The Morgan fingerprint density at radius 3 is 2.83 bits per heavy atom. The second-order valence-corrected chi connectivity index (χ2v) is 5.36. The minimum absolute atomic E-state index is 0.00317. The van der Waals surface area contributed by atoms with Crippen molar-refractivity contribution in [3.63, 3.8) is 0 Å². The third-order valence-electron chi connectivity index (χ3n) is 3.49. The molecule has 0 heterocycles. The van der Waals surface area contributed by atoms with E-state index in [1.54, 1.807) is 30.5 Å². The molecule has 0 radical (unpaired) electrons. The van der Waals surface area contributed by atoms with Gasteiger partial charge in [-0.2, -0.15) is 0 Å². The number of rotatable bonds is 7. The monoisotopic (exact) mass is 326 g/mol. The molecule has 0 spiro atoms. The van der Waals surface area contributed by atoms with Gasteiger partial charge in [0.1, 0.15) is 0 Å². The predicted molar refractivity (Wildman–Crippen MR) is 96.5 cm³/mol. The zero-order valence-electron chi connectivity index (χ0n) is 14.0. The summed E-state index contributed by atoms with van der Waals surface area (Å²) < 4.78 is 5.07. The number of methoxy groups -OCH3 is 1. The number of carbonyl (C=O) groups excluding carboxylic acids is 1. The van der Waals surface area contributed by atoms with Gasteiger partial charge in [0.25, 0.3) is 0 Å². The molecule has 1 amide bonds. The number of hydrogen-bond donors (Lipinski definition) is 2. The van der Waals surface area contributed by atoms with Gasteiger partial charge >= 0.3 is 0 Å². The summed E-state index contributed by atoms with van der Waals surface area (Å²) in [5.41, 5.74) is 1.96. The molecule has 5 nitrogen and oxygen atoms in total. The molecule has 2 N–H and O–H groups in total. The van der Waals surface area contributed by atoms with Crippen LogP contribution in [-0.2, 0) is 4.79 Å². The van der Waals surface area contributed by atoms with Crippen molar-refractivity contribution in [3.05, 3.63) is 48.0 Å². The summed E-state index contributed by atoms with van der Waals surface area (Å²) >= 11 is 0. The minimum Gasteiger partial charge on any atom is -0.504 e. The molecular weight excluding hydrogens is 304 g/mol. The summed E-state index contributed by atoms with van der Waals surface area (Å²) in [6.07, 6.45) is 3.94. The van der Waals surface area contributed by atoms with Crippen LogP contribution in [-0.4, -0.2) is 24.3 Å². The predicted octanol–water partition coefficient (Wildman–Crippen LogP) is 4.28. The Balaban J connectivity index is 2.10. The van der Waals surface area contributed by atoms with Crippen molar-refractivity contribution in [1.29, 1.82) is 0 Å². The Bertz CT molecular complexity index is 726. The van der Waals surface area contributed by atoms with Crippen molar-refractivity contribution in [1.82, 2.24) is 0 Å². The molecule has 0 fully saturated rings. The molecule has 0 atom stereocenters. The lowest BCUT2D eigenvalue weighted by atomic mass is 10.2. The third-order valence-corrected chi connectivity index (χ3v) is 3.49. The number of phenolic OH excluding ortho intramolecular Hbond substituents is 1. The Labute approximate surface area is 142 Å². The first-order valence-corrected chi connectivity index (χ1v) is 7.94. The van der Waals surface area contributed by atoms with Crippen LogP contribution in [0.1, 0.15) is 31.7 Å². The van der Waals surface area contributed by atoms with E-state index in [9.17, 15) is 9.90 Å². The van der Waals surface area contributed by atoms with Crippen LogP contribution in [0, 0.1) is 0 Å². The van der Waals surface area contributed by atoms with Gasteiger partial charge in [-0.3, -0.25) is 9.79 Å². The van der Waals surface area contributed by atoms with Crippen molar-refractivity contribution in [2.45, 2.75) is 26.2 Å². The van der Waals surface area contributed by atoms with Gasteiger partial charge in [0, 0.05) is 23.9 Å². The number of aliphatic imine (C=N–C) groups is 1. The van der Waals surface area contributed by atoms with E-state index in [0.717, 1.165) is 12.8 Å². The average Bonchev–Trinajstić information content (AvgIpc) is 2.59. The number of unbranched alkanes of at least 4 members (excludes halogenated alkanes) is 1. The van der Waals surface area contributed by atoms with Crippen molar-refractivity contribution in [3.8, 4) is 11.5 Å². The molecule has 0 aliphatic rings. The second-order valence-electron chi connectivity index (χ2n) is 5.36. The van der Waals surface area contributed by atoms with Crippen LogP contribution in [0.3, 0.4) is 0 Å². The van der Waals surface area contributed by atoms with Crippen LogP contribution >= 0.6 is 0 Å². The van der Waals surface area contributed by atoms with Crippen molar-refractivity contribution >= 4 is 23.5 Å². The largest absolute Gasteiger partial charge is 0.504 e. The highest BCUT2D eigenvalue weighted by Gasteiger charge is 2.05. The summed E-state index contributed by atoms with van der Waals surface area (Å²) in [6.45, 7) is 2.05. The van der Waals surface area contributed by atoms with E-state index in [2.05, 4.69) is 17.2 Å². The molecule has 0 aromatic heterocycles. The lowest BCUT2D eigenvalue weighted by Crippen LogP contribution is -2.10. The maximum absolute atomic E-state index is 11.8. The number of hydrogen-bond acceptors (Lipinski definition) is 4. The van der Waals surface area contributed by atoms with Gasteiger partial charge in [0.15, 0.2) is 11.5 Å². The van der Waals surface area contributed by atoms with Crippen LogP contribution in [0.4, 0.5) is 11.4 Å². The fraction of sp³-hybridized carbons (Fsp3) is 0.263. The fourth-order valence-electron chi connectivity index (χ4n) is 2.18. The summed E-state index contributed by atoms with van der Waals surface area (Å²) in [5.74, 6) is 0.451. The zero-order valence-corrected chi connectivity index (χ0v) is 14.0. The number of anilines is 1. The molecule has 0 unspecified atom stereocenters. The Kier molecular flexibility index (Phi) is 6.37. The second kappa shape index (κ2) is 8.72. The quantitative estimate of drug-likeness (QED) is 0.746. The van der Waals surface area contributed by atoms with E-state index in [1.165, 1.54) is 7.11 Å². The van der Waals surface area contributed by atoms with Gasteiger partial charge in [-0.05, 0) is 36.8 Å². The molecule has 5 heteroatoms. The number of carbonyl (C=O) groups is 1. The highest BCUT2D eigenvalue weighted by molar-refractivity contribution is 5.91. The molecule has 0 aliphatic heterocycles. The van der Waals surface area contributed by atoms with Crippen molar-refractivity contribution in [2.24, 2.45) is 4.99 Å². The van der Waals surface area contributed by atoms with E-state index >= 15 is 0 Å². The first-order valence-electron chi connectivity index (χ1n) is 7.94. The topological polar surface area (TPSA) is 70.9 Å². The first-order chi connectivity index (χ1) is 11.6. The maximum atomic E-state index is 11.8. The summed E-state index contributed by atoms with van der Waals surface area (Å²) in [4.78, 5) is 16.1. The number of ether oxygens (including phenoxy) is 1. The minimum atomic E-state index is 0.00317. The van der Waals surface area contributed by atoms with E-state index in [0.29, 0.717) is 29.1 Å². The SMILES string of the molecule is CCCCC(=O)Nc1cccc(N=Cc2cccc(OC)c2O)c1. The van der Waals surface area contributed by atoms with E-state index in [4.69, 9.17) is 4.74 Å². The molecule has 0 saturated heterocycles. The van der Waals surface area contributed by atoms with Crippen LogP contribution in [0.25, 0.3) is 0 Å². The Morgan fingerprint density at radius 2 is 2.08 bits per heavy atom. The van der Waals surface area contributed by atoms with Gasteiger partial charge in [-0.15, -0.1) is 0 Å². The van der Waals surface area contributed by atoms with Crippen LogP contribution < -0.4 is 10.1 Å². The maximum Gasteiger partial charge on any atom is 0.224 e. The molecular formula is C19H22N2O3. The Morgan fingerprint density at radius 1 is 1.29 bits per heavy atom. The highest BCUT2D eigenvalue weighted by Crippen LogP contribution is 2.28. The number of nitrogens with zero attached hydrogens (tertiary/aromatic N) is 1. The van der Waals surface area contributed by atoms with Gasteiger partial charge in [0.05, 0.1) is 12.8 Å². The summed E-state index contributed by atoms with van der Waals surface area (Å²) in [7, 11) is 1.50. The number of aromatic hydroxyl groups is 1. The lowest BCUT2D eigenvalue weighted by molar-refractivity contribution is -0.116. The Hall–Kier alpha value is -2.82. The van der Waals surface area contributed by atoms with Crippen molar-refractivity contribution in [2.75, 3.05) is 12.4 Å². The number of phenols is 1. The van der Waals surface area contributed by atoms with Crippen LogP contribution in [0.2, 0.25) is 0 Å². The molecule has 2 aromatic carbocycles. The van der Waals surface area contributed by atoms with Crippen LogP contribution in [0.15, 0.2) is 47.5 Å². The van der Waals surface area contributed by atoms with Crippen LogP contribution in [0.5, 0.6) is 11.5 Å². The van der Waals surface area contributed by atoms with Gasteiger partial charge < -0.3 is 15.2 Å². The molecule has 24 heavy (non-hydrogen) atoms. The standard InChI is InChI=1S/C19H22N2O3/c1-3-4-11-18(22)21-16-9-6-8-15(12-16)20-13-14-7-5-10-17(24-2)19(14)23/h5-10,12-13,23H,3-4,11H2,1-2H3,(H,21,22). The van der Waals surface area contributed by atoms with Gasteiger partial charge in [0.2, 0.25) is 5.91 Å². The van der Waals surface area contributed by atoms with Gasteiger partial charge in [-0.1, -0.05) is 25.5 Å². The smallest absolute Gasteiger partial charge is 0.224 e. The third kappa shape index (κ3) is 4.84. The number of amides is 1. The zero-order chi connectivity index (χ0) is 17.4. The molecule has 2 aromatic rings. The summed E-state index contributed by atoms with van der Waals surface area (Å²) in [6, 6.07) is 12.5. The molecule has 0 saturated carbocycles. The van der Waals surface area contributed by atoms with Gasteiger partial charge in [-0.25, -0.2) is 0 Å². The van der Waals surface area contributed by atoms with E-state index in [1.807, 2.05) is 18.2 Å². The number of para-hydroxylation sites is 1. The molecule has 126 valence electrons. The molecule has 0 bridgehead atoms. The molecule has 2 rings (SSSR count). The highest BCUT2D eigenvalue weighted by atomic mass is 16.5. The first kappa shape index (κ1) is 17.5. The molecule has 0 aliphatic carbocycles.